The Labute approximate surface area is 220 Å². The van der Waals surface area contributed by atoms with E-state index in [4.69, 9.17) is 14.7 Å². The second-order valence-electron chi connectivity index (χ2n) is 10.2. The van der Waals surface area contributed by atoms with Crippen LogP contribution in [0.2, 0.25) is 0 Å². The van der Waals surface area contributed by atoms with Crippen molar-refractivity contribution in [3.8, 4) is 0 Å². The average molecular weight is 523 g/mol. The molecule has 2 aromatic carbocycles. The largest absolute Gasteiger partial charge is 0.379 e. The number of nitrogens with zero attached hydrogens (tertiary/aromatic N) is 6. The zero-order chi connectivity index (χ0) is 24.8. The highest BCUT2D eigenvalue weighted by molar-refractivity contribution is 7.22. The van der Waals surface area contributed by atoms with Gasteiger partial charge in [-0.2, -0.15) is 0 Å². The number of morpholine rings is 1. The Bertz CT molecular complexity index is 1220. The monoisotopic (exact) mass is 522 g/mol. The van der Waals surface area contributed by atoms with Crippen LogP contribution in [0.4, 0.5) is 10.3 Å². The van der Waals surface area contributed by atoms with Gasteiger partial charge < -0.3 is 14.5 Å². The van der Waals surface area contributed by atoms with Crippen LogP contribution in [-0.2, 0) is 4.74 Å². The van der Waals surface area contributed by atoms with Crippen LogP contribution in [0.3, 0.4) is 0 Å². The topological polar surface area (TPSA) is 48.0 Å². The molecule has 0 spiro atoms. The van der Waals surface area contributed by atoms with Gasteiger partial charge in [-0.3, -0.25) is 9.80 Å². The second-order valence-corrected chi connectivity index (χ2v) is 12.2. The van der Waals surface area contributed by atoms with Crippen molar-refractivity contribution in [1.82, 2.24) is 19.8 Å². The van der Waals surface area contributed by atoms with E-state index in [1.807, 2.05) is 0 Å². The molecule has 0 N–H and O–H groups in total. The van der Waals surface area contributed by atoms with Gasteiger partial charge in [-0.05, 0) is 74.2 Å². The quantitative estimate of drug-likeness (QED) is 0.367. The third-order valence-corrected chi connectivity index (χ3v) is 9.60. The normalized spacial score (nSPS) is 18.1. The van der Waals surface area contributed by atoms with Gasteiger partial charge in [0.05, 0.1) is 53.7 Å². The number of hydrogen-bond donors (Lipinski definition) is 0. The maximum absolute atomic E-state index is 5.55. The van der Waals surface area contributed by atoms with Gasteiger partial charge in [0.15, 0.2) is 10.3 Å². The maximum Gasteiger partial charge on any atom is 0.188 e. The first kappa shape index (κ1) is 24.1. The summed E-state index contributed by atoms with van der Waals surface area (Å²) in [5.41, 5.74) is 7.44. The molecule has 2 saturated heterocycles. The van der Waals surface area contributed by atoms with Gasteiger partial charge in [0.25, 0.3) is 0 Å². The summed E-state index contributed by atoms with van der Waals surface area (Å²) in [6, 6.07) is 9.01. The molecule has 36 heavy (non-hydrogen) atoms. The molecule has 4 aromatic rings. The summed E-state index contributed by atoms with van der Waals surface area (Å²) < 4.78 is 8.07. The maximum atomic E-state index is 5.55. The zero-order valence-electron chi connectivity index (χ0n) is 21.6. The Kier molecular flexibility index (Phi) is 6.60. The molecular weight excluding hydrogens is 488 g/mol. The molecular formula is C27H34N6OS2. The van der Waals surface area contributed by atoms with Crippen molar-refractivity contribution >= 4 is 53.4 Å². The summed E-state index contributed by atoms with van der Waals surface area (Å²) in [5.74, 6) is 0. The van der Waals surface area contributed by atoms with Crippen molar-refractivity contribution in [3.63, 3.8) is 0 Å². The molecule has 2 fully saturated rings. The summed E-state index contributed by atoms with van der Waals surface area (Å²) >= 11 is 3.60. The lowest BCUT2D eigenvalue weighted by Gasteiger charge is -2.42. The first-order valence-corrected chi connectivity index (χ1v) is 14.3. The SMILES string of the molecule is Cc1cc2nc(N3CN(CCN4CCOCC4)CN(c4nc5cc(C)c(C)cc5s4)C3)sc2cc1C. The highest BCUT2D eigenvalue weighted by atomic mass is 32.1. The van der Waals surface area contributed by atoms with E-state index in [9.17, 15) is 0 Å². The Morgan fingerprint density at radius 2 is 1.14 bits per heavy atom. The first-order chi connectivity index (χ1) is 17.4. The van der Waals surface area contributed by atoms with Crippen molar-refractivity contribution in [2.24, 2.45) is 0 Å². The Morgan fingerprint density at radius 1 is 0.667 bits per heavy atom. The van der Waals surface area contributed by atoms with Crippen LogP contribution in [0.15, 0.2) is 24.3 Å². The number of benzene rings is 2. The molecule has 2 aliphatic rings. The number of fused-ring (bicyclic) bond motifs is 2. The predicted molar refractivity (Wildman–Crippen MR) is 152 cm³/mol. The minimum Gasteiger partial charge on any atom is -0.379 e. The van der Waals surface area contributed by atoms with Crippen LogP contribution in [0.1, 0.15) is 22.3 Å². The molecule has 190 valence electrons. The molecule has 0 unspecified atom stereocenters. The molecule has 9 heteroatoms. The lowest BCUT2D eigenvalue weighted by Crippen LogP contribution is -2.56. The molecule has 7 nitrogen and oxygen atoms in total. The number of thiazole rings is 2. The summed E-state index contributed by atoms with van der Waals surface area (Å²) in [5, 5.41) is 2.17. The highest BCUT2D eigenvalue weighted by Gasteiger charge is 2.28. The minimum absolute atomic E-state index is 0.795. The van der Waals surface area contributed by atoms with E-state index in [-0.39, 0.29) is 0 Å². The molecule has 0 saturated carbocycles. The third-order valence-electron chi connectivity index (χ3n) is 7.45. The van der Waals surface area contributed by atoms with E-state index in [0.29, 0.717) is 0 Å². The zero-order valence-corrected chi connectivity index (χ0v) is 23.2. The van der Waals surface area contributed by atoms with Crippen LogP contribution >= 0.6 is 22.7 Å². The van der Waals surface area contributed by atoms with Gasteiger partial charge in [0, 0.05) is 26.2 Å². The fraction of sp³-hybridized carbons (Fsp3) is 0.481. The van der Waals surface area contributed by atoms with Crippen molar-refractivity contribution in [2.45, 2.75) is 27.7 Å². The Balaban J connectivity index is 1.29. The van der Waals surface area contributed by atoms with Crippen LogP contribution in [0.25, 0.3) is 20.4 Å². The molecule has 0 aliphatic carbocycles. The summed E-state index contributed by atoms with van der Waals surface area (Å²) in [7, 11) is 0. The fourth-order valence-electron chi connectivity index (χ4n) is 4.92. The molecule has 6 rings (SSSR count). The molecule has 0 atom stereocenters. The van der Waals surface area contributed by atoms with Crippen molar-refractivity contribution in [2.75, 3.05) is 69.2 Å². The minimum atomic E-state index is 0.795. The molecule has 0 bridgehead atoms. The van der Waals surface area contributed by atoms with E-state index in [0.717, 1.165) is 80.7 Å². The van der Waals surface area contributed by atoms with E-state index in [1.54, 1.807) is 22.7 Å². The number of ether oxygens (including phenoxy) is 1. The van der Waals surface area contributed by atoms with Crippen LogP contribution in [0, 0.1) is 27.7 Å². The van der Waals surface area contributed by atoms with Gasteiger partial charge in [-0.1, -0.05) is 22.7 Å². The molecule has 0 radical (unpaired) electrons. The third kappa shape index (κ3) is 4.82. The number of aromatic nitrogens is 2. The lowest BCUT2D eigenvalue weighted by atomic mass is 10.1. The molecule has 2 aromatic heterocycles. The number of aryl methyl sites for hydroxylation is 4. The van der Waals surface area contributed by atoms with Gasteiger partial charge in [-0.15, -0.1) is 0 Å². The lowest BCUT2D eigenvalue weighted by molar-refractivity contribution is 0.0327. The molecule has 2 aliphatic heterocycles. The Morgan fingerprint density at radius 3 is 1.67 bits per heavy atom. The van der Waals surface area contributed by atoms with Crippen molar-refractivity contribution < 1.29 is 4.74 Å². The van der Waals surface area contributed by atoms with Gasteiger partial charge >= 0.3 is 0 Å². The van der Waals surface area contributed by atoms with Gasteiger partial charge in [0.1, 0.15) is 0 Å². The van der Waals surface area contributed by atoms with Gasteiger partial charge in [-0.25, -0.2) is 9.97 Å². The van der Waals surface area contributed by atoms with E-state index in [1.165, 1.54) is 31.7 Å². The smallest absolute Gasteiger partial charge is 0.188 e. The first-order valence-electron chi connectivity index (χ1n) is 12.7. The van der Waals surface area contributed by atoms with Gasteiger partial charge in [0.2, 0.25) is 0 Å². The van der Waals surface area contributed by atoms with Crippen LogP contribution in [0.5, 0.6) is 0 Å². The van der Waals surface area contributed by atoms with Crippen molar-refractivity contribution in [1.29, 1.82) is 0 Å². The van der Waals surface area contributed by atoms with Crippen LogP contribution in [-0.4, -0.2) is 79.2 Å². The van der Waals surface area contributed by atoms with E-state index < -0.39 is 0 Å². The molecule has 4 heterocycles. The van der Waals surface area contributed by atoms with E-state index in [2.05, 4.69) is 71.6 Å². The van der Waals surface area contributed by atoms with E-state index >= 15 is 0 Å². The number of hydrogen-bond acceptors (Lipinski definition) is 9. The second kappa shape index (κ2) is 9.87. The number of rotatable bonds is 5. The summed E-state index contributed by atoms with van der Waals surface area (Å²) in [4.78, 5) is 20.0. The van der Waals surface area contributed by atoms with Crippen molar-refractivity contribution in [3.05, 3.63) is 46.5 Å². The number of anilines is 2. The standard InChI is InChI=1S/C27H34N6OS2/c1-18-11-22-24(13-20(18)3)35-26(28-22)32-15-31(6-5-30-7-9-34-10-8-30)16-33(17-32)27-29-23-12-19(2)21(4)14-25(23)36-27/h11-14H,5-10,15-17H2,1-4H3. The summed E-state index contributed by atoms with van der Waals surface area (Å²) in [6.07, 6.45) is 0. The summed E-state index contributed by atoms with van der Waals surface area (Å²) in [6.45, 7) is 17.0. The highest BCUT2D eigenvalue weighted by Crippen LogP contribution is 2.35. The average Bonchev–Trinajstić information content (AvgIpc) is 3.47. The molecule has 0 amide bonds. The Hall–Kier alpha value is -2.30. The fourth-order valence-corrected chi connectivity index (χ4v) is 6.98. The predicted octanol–water partition coefficient (Wildman–Crippen LogP) is 4.97. The van der Waals surface area contributed by atoms with Crippen LogP contribution < -0.4 is 9.80 Å².